The Kier molecular flexibility index (Phi) is 4.09. The SMILES string of the molecule is O=C(O)c1ccnnc1NCC1CCCC1CO. The zero-order valence-electron chi connectivity index (χ0n) is 10.0. The van der Waals surface area contributed by atoms with E-state index < -0.39 is 5.97 Å². The van der Waals surface area contributed by atoms with Crippen LogP contribution in [0.1, 0.15) is 29.6 Å². The molecule has 0 bridgehead atoms. The van der Waals surface area contributed by atoms with Gasteiger partial charge in [-0.05, 0) is 30.7 Å². The van der Waals surface area contributed by atoms with Crippen LogP contribution in [-0.2, 0) is 0 Å². The van der Waals surface area contributed by atoms with Crippen LogP contribution >= 0.6 is 0 Å². The van der Waals surface area contributed by atoms with Crippen molar-refractivity contribution in [3.8, 4) is 0 Å². The minimum Gasteiger partial charge on any atom is -0.478 e. The van der Waals surface area contributed by atoms with Crippen LogP contribution in [0.4, 0.5) is 5.82 Å². The zero-order chi connectivity index (χ0) is 13.0. The minimum absolute atomic E-state index is 0.128. The monoisotopic (exact) mass is 251 g/mol. The molecule has 2 atom stereocenters. The first-order valence-corrected chi connectivity index (χ1v) is 6.12. The number of hydrogen-bond donors (Lipinski definition) is 3. The fourth-order valence-electron chi connectivity index (χ4n) is 2.49. The van der Waals surface area contributed by atoms with Crippen LogP contribution in [0, 0.1) is 11.8 Å². The first-order chi connectivity index (χ1) is 8.72. The molecule has 6 heteroatoms. The molecule has 1 aromatic heterocycles. The number of hydrogen-bond acceptors (Lipinski definition) is 5. The molecule has 18 heavy (non-hydrogen) atoms. The van der Waals surface area contributed by atoms with Gasteiger partial charge < -0.3 is 15.5 Å². The Morgan fingerprint density at radius 2 is 2.22 bits per heavy atom. The molecule has 1 saturated carbocycles. The van der Waals surface area contributed by atoms with Crippen molar-refractivity contribution in [1.82, 2.24) is 10.2 Å². The van der Waals surface area contributed by atoms with Crippen molar-refractivity contribution < 1.29 is 15.0 Å². The molecular weight excluding hydrogens is 234 g/mol. The molecule has 2 rings (SSSR count). The molecule has 1 aliphatic carbocycles. The number of nitrogens with zero attached hydrogens (tertiary/aromatic N) is 2. The normalized spacial score (nSPS) is 22.9. The summed E-state index contributed by atoms with van der Waals surface area (Å²) in [5, 5.41) is 28.8. The van der Waals surface area contributed by atoms with Gasteiger partial charge >= 0.3 is 5.97 Å². The molecule has 6 nitrogen and oxygen atoms in total. The molecule has 0 spiro atoms. The van der Waals surface area contributed by atoms with Crippen LogP contribution in [0.5, 0.6) is 0 Å². The van der Waals surface area contributed by atoms with E-state index in [-0.39, 0.29) is 12.2 Å². The highest BCUT2D eigenvalue weighted by Crippen LogP contribution is 2.31. The maximum absolute atomic E-state index is 11.0. The fourth-order valence-corrected chi connectivity index (χ4v) is 2.49. The highest BCUT2D eigenvalue weighted by atomic mass is 16.4. The molecule has 0 amide bonds. The predicted octanol–water partition coefficient (Wildman–Crippen LogP) is 0.995. The molecule has 0 aliphatic heterocycles. The van der Waals surface area contributed by atoms with E-state index in [1.165, 1.54) is 12.3 Å². The largest absolute Gasteiger partial charge is 0.478 e. The summed E-state index contributed by atoms with van der Waals surface area (Å²) in [6.45, 7) is 0.822. The van der Waals surface area contributed by atoms with Crippen molar-refractivity contribution in [1.29, 1.82) is 0 Å². The predicted molar refractivity (Wildman–Crippen MR) is 65.4 cm³/mol. The van der Waals surface area contributed by atoms with Gasteiger partial charge in [-0.2, -0.15) is 5.10 Å². The highest BCUT2D eigenvalue weighted by Gasteiger charge is 2.26. The third-order valence-electron chi connectivity index (χ3n) is 3.53. The highest BCUT2D eigenvalue weighted by molar-refractivity contribution is 5.92. The lowest BCUT2D eigenvalue weighted by Crippen LogP contribution is -2.22. The summed E-state index contributed by atoms with van der Waals surface area (Å²) in [6, 6.07) is 1.43. The Morgan fingerprint density at radius 1 is 1.44 bits per heavy atom. The number of aromatic nitrogens is 2. The lowest BCUT2D eigenvalue weighted by Gasteiger charge is -2.18. The van der Waals surface area contributed by atoms with Gasteiger partial charge in [-0.1, -0.05) is 6.42 Å². The van der Waals surface area contributed by atoms with E-state index in [0.29, 0.717) is 24.2 Å². The van der Waals surface area contributed by atoms with Gasteiger partial charge in [-0.3, -0.25) is 0 Å². The van der Waals surface area contributed by atoms with Gasteiger partial charge in [0, 0.05) is 13.2 Å². The Morgan fingerprint density at radius 3 is 2.94 bits per heavy atom. The summed E-state index contributed by atoms with van der Waals surface area (Å²) in [6.07, 6.45) is 4.57. The molecule has 1 heterocycles. The topological polar surface area (TPSA) is 95.3 Å². The molecule has 98 valence electrons. The van der Waals surface area contributed by atoms with Gasteiger partial charge in [0.1, 0.15) is 5.56 Å². The smallest absolute Gasteiger partial charge is 0.339 e. The van der Waals surface area contributed by atoms with Gasteiger partial charge in [0.2, 0.25) is 0 Å². The Labute approximate surface area is 105 Å². The number of nitrogens with one attached hydrogen (secondary N) is 1. The van der Waals surface area contributed by atoms with Crippen molar-refractivity contribution in [2.45, 2.75) is 19.3 Å². The molecule has 1 aromatic rings. The third-order valence-corrected chi connectivity index (χ3v) is 3.53. The lowest BCUT2D eigenvalue weighted by atomic mass is 9.97. The maximum atomic E-state index is 11.0. The van der Waals surface area contributed by atoms with E-state index >= 15 is 0 Å². The van der Waals surface area contributed by atoms with Gasteiger partial charge in [-0.25, -0.2) is 4.79 Å². The van der Waals surface area contributed by atoms with Crippen LogP contribution < -0.4 is 5.32 Å². The molecular formula is C12H17N3O3. The number of aliphatic hydroxyl groups excluding tert-OH is 1. The zero-order valence-corrected chi connectivity index (χ0v) is 10.0. The van der Waals surface area contributed by atoms with Crippen molar-refractivity contribution in [3.05, 3.63) is 17.8 Å². The van der Waals surface area contributed by atoms with Gasteiger partial charge in [0.05, 0.1) is 6.20 Å². The summed E-state index contributed by atoms with van der Waals surface area (Å²) < 4.78 is 0. The number of carbonyl (C=O) groups is 1. The summed E-state index contributed by atoms with van der Waals surface area (Å²) in [4.78, 5) is 11.0. The Bertz CT molecular complexity index is 425. The van der Waals surface area contributed by atoms with E-state index in [0.717, 1.165) is 19.3 Å². The van der Waals surface area contributed by atoms with E-state index in [9.17, 15) is 9.90 Å². The maximum Gasteiger partial charge on any atom is 0.339 e. The summed E-state index contributed by atoms with van der Waals surface area (Å²) >= 11 is 0. The second kappa shape index (κ2) is 5.77. The summed E-state index contributed by atoms with van der Waals surface area (Å²) in [7, 11) is 0. The number of rotatable bonds is 5. The van der Waals surface area contributed by atoms with E-state index in [4.69, 9.17) is 5.11 Å². The first-order valence-electron chi connectivity index (χ1n) is 6.12. The van der Waals surface area contributed by atoms with E-state index in [2.05, 4.69) is 15.5 Å². The Hall–Kier alpha value is -1.69. The molecule has 3 N–H and O–H groups in total. The number of aliphatic hydroxyl groups is 1. The van der Waals surface area contributed by atoms with Crippen LogP contribution in [0.25, 0.3) is 0 Å². The summed E-state index contributed by atoms with van der Waals surface area (Å²) in [5.74, 6) is -0.0350. The average Bonchev–Trinajstić information content (AvgIpc) is 2.84. The summed E-state index contributed by atoms with van der Waals surface area (Å²) in [5.41, 5.74) is 0.128. The van der Waals surface area contributed by atoms with Crippen LogP contribution in [-0.4, -0.2) is 39.5 Å². The van der Waals surface area contributed by atoms with Crippen molar-refractivity contribution in [2.75, 3.05) is 18.5 Å². The van der Waals surface area contributed by atoms with Crippen LogP contribution in [0.2, 0.25) is 0 Å². The van der Waals surface area contributed by atoms with Gasteiger partial charge in [-0.15, -0.1) is 5.10 Å². The molecule has 1 fully saturated rings. The number of carboxylic acids is 1. The molecule has 2 unspecified atom stereocenters. The second-order valence-electron chi connectivity index (χ2n) is 4.61. The fraction of sp³-hybridized carbons (Fsp3) is 0.583. The Balaban J connectivity index is 2.00. The third kappa shape index (κ3) is 2.76. The standard InChI is InChI=1S/C12H17N3O3/c16-7-9-3-1-2-8(9)6-13-11-10(12(17)18)4-5-14-15-11/h4-5,8-9,16H,1-3,6-7H2,(H,13,15)(H,17,18). The number of aromatic carboxylic acids is 1. The quantitative estimate of drug-likeness (QED) is 0.722. The van der Waals surface area contributed by atoms with Gasteiger partial charge in [0.25, 0.3) is 0 Å². The van der Waals surface area contributed by atoms with Crippen molar-refractivity contribution in [2.24, 2.45) is 11.8 Å². The first kappa shape index (κ1) is 12.8. The number of carboxylic acid groups (broad SMARTS) is 1. The van der Waals surface area contributed by atoms with Crippen molar-refractivity contribution in [3.63, 3.8) is 0 Å². The average molecular weight is 251 g/mol. The van der Waals surface area contributed by atoms with Crippen LogP contribution in [0.3, 0.4) is 0 Å². The molecule has 0 saturated heterocycles. The number of anilines is 1. The van der Waals surface area contributed by atoms with E-state index in [1.54, 1.807) is 0 Å². The van der Waals surface area contributed by atoms with Crippen molar-refractivity contribution >= 4 is 11.8 Å². The van der Waals surface area contributed by atoms with Crippen LogP contribution in [0.15, 0.2) is 12.3 Å². The van der Waals surface area contributed by atoms with E-state index in [1.807, 2.05) is 0 Å². The lowest BCUT2D eigenvalue weighted by molar-refractivity contribution is 0.0697. The second-order valence-corrected chi connectivity index (χ2v) is 4.61. The molecule has 0 aromatic carbocycles. The minimum atomic E-state index is -1.02. The molecule has 1 aliphatic rings. The van der Waals surface area contributed by atoms with Gasteiger partial charge in [0.15, 0.2) is 5.82 Å². The molecule has 0 radical (unpaired) electrons.